The molecular weight excluding hydrogens is 274 g/mol. The van der Waals surface area contributed by atoms with E-state index in [-0.39, 0.29) is 11.8 Å². The maximum atomic E-state index is 11.2. The third kappa shape index (κ3) is 2.47. The Morgan fingerprint density at radius 3 is 2.94 bits per heavy atom. The van der Waals surface area contributed by atoms with Crippen molar-refractivity contribution >= 4 is 22.0 Å². The smallest absolute Gasteiger partial charge is 0.409 e. The van der Waals surface area contributed by atoms with Crippen LogP contribution in [-0.4, -0.2) is 35.8 Å². The average Bonchev–Trinajstić information content (AvgIpc) is 2.66. The summed E-state index contributed by atoms with van der Waals surface area (Å²) in [4.78, 5) is 12.9. The number of hydrogen-bond donors (Lipinski definition) is 1. The molecule has 5 heteroatoms. The molecule has 0 radical (unpaired) electrons. The molecule has 1 aliphatic heterocycles. The van der Waals surface area contributed by atoms with Crippen LogP contribution in [0.4, 0.5) is 4.79 Å². The molecular formula is C11H12BrNO3. The minimum atomic E-state index is -0.238. The third-order valence-electron chi connectivity index (χ3n) is 2.53. The normalized spacial score (nSPS) is 15.3. The summed E-state index contributed by atoms with van der Waals surface area (Å²) in [5, 5.41) is 9.33. The number of aromatic hydroxyl groups is 1. The second kappa shape index (κ2) is 4.74. The van der Waals surface area contributed by atoms with Crippen LogP contribution < -0.4 is 0 Å². The van der Waals surface area contributed by atoms with E-state index in [1.54, 1.807) is 11.0 Å². The van der Waals surface area contributed by atoms with Crippen LogP contribution >= 0.6 is 15.9 Å². The number of cyclic esters (lactones) is 1. The van der Waals surface area contributed by atoms with Crippen LogP contribution in [0.1, 0.15) is 5.56 Å². The van der Waals surface area contributed by atoms with Crippen molar-refractivity contribution in [3.05, 3.63) is 28.2 Å². The Hall–Kier alpha value is -1.23. The first kappa shape index (κ1) is 11.3. The van der Waals surface area contributed by atoms with Gasteiger partial charge in [-0.1, -0.05) is 6.07 Å². The molecule has 2 rings (SSSR count). The number of phenolic OH excluding ortho intramolecular Hbond substituents is 1. The Morgan fingerprint density at radius 1 is 1.50 bits per heavy atom. The van der Waals surface area contributed by atoms with Crippen molar-refractivity contribution in [3.8, 4) is 5.75 Å². The van der Waals surface area contributed by atoms with E-state index in [9.17, 15) is 9.90 Å². The van der Waals surface area contributed by atoms with Crippen molar-refractivity contribution < 1.29 is 14.6 Å². The fraction of sp³-hybridized carbons (Fsp3) is 0.364. The van der Waals surface area contributed by atoms with Gasteiger partial charge < -0.3 is 14.7 Å². The monoisotopic (exact) mass is 285 g/mol. The van der Waals surface area contributed by atoms with Crippen molar-refractivity contribution in [3.63, 3.8) is 0 Å². The van der Waals surface area contributed by atoms with Gasteiger partial charge in [0, 0.05) is 6.54 Å². The van der Waals surface area contributed by atoms with E-state index in [0.29, 0.717) is 24.2 Å². The Labute approximate surface area is 102 Å². The fourth-order valence-electron chi connectivity index (χ4n) is 1.60. The lowest BCUT2D eigenvalue weighted by Gasteiger charge is -2.12. The van der Waals surface area contributed by atoms with Gasteiger partial charge in [-0.15, -0.1) is 0 Å². The number of amides is 1. The molecule has 0 saturated carbocycles. The minimum absolute atomic E-state index is 0.226. The highest BCUT2D eigenvalue weighted by atomic mass is 79.9. The van der Waals surface area contributed by atoms with Gasteiger partial charge in [0.25, 0.3) is 0 Å². The highest BCUT2D eigenvalue weighted by molar-refractivity contribution is 9.10. The molecule has 86 valence electrons. The number of benzene rings is 1. The molecule has 0 aliphatic carbocycles. The summed E-state index contributed by atoms with van der Waals surface area (Å²) in [6.45, 7) is 1.80. The summed E-state index contributed by atoms with van der Waals surface area (Å²) in [7, 11) is 0. The predicted molar refractivity (Wildman–Crippen MR) is 62.4 cm³/mol. The lowest BCUT2D eigenvalue weighted by molar-refractivity contribution is 0.159. The highest BCUT2D eigenvalue weighted by Crippen LogP contribution is 2.24. The van der Waals surface area contributed by atoms with Crippen LogP contribution in [0, 0.1) is 0 Å². The van der Waals surface area contributed by atoms with Gasteiger partial charge in [-0.25, -0.2) is 4.79 Å². The van der Waals surface area contributed by atoms with Crippen LogP contribution in [0.15, 0.2) is 22.7 Å². The topological polar surface area (TPSA) is 49.8 Å². The molecule has 0 unspecified atom stereocenters. The zero-order valence-corrected chi connectivity index (χ0v) is 10.2. The van der Waals surface area contributed by atoms with Gasteiger partial charge in [-0.3, -0.25) is 0 Å². The van der Waals surface area contributed by atoms with Crippen molar-refractivity contribution in [2.45, 2.75) is 6.42 Å². The van der Waals surface area contributed by atoms with Gasteiger partial charge in [0.1, 0.15) is 12.4 Å². The number of rotatable bonds is 3. The van der Waals surface area contributed by atoms with E-state index in [4.69, 9.17) is 4.74 Å². The first-order valence-electron chi connectivity index (χ1n) is 5.06. The van der Waals surface area contributed by atoms with Gasteiger partial charge in [0.15, 0.2) is 0 Å². The van der Waals surface area contributed by atoms with Crippen molar-refractivity contribution in [1.82, 2.24) is 4.90 Å². The first-order chi connectivity index (χ1) is 7.66. The first-order valence-corrected chi connectivity index (χ1v) is 5.85. The zero-order chi connectivity index (χ0) is 11.5. The Balaban J connectivity index is 1.94. The summed E-state index contributed by atoms with van der Waals surface area (Å²) in [6, 6.07) is 5.35. The van der Waals surface area contributed by atoms with Crippen LogP contribution in [0.3, 0.4) is 0 Å². The molecule has 4 nitrogen and oxygen atoms in total. The van der Waals surface area contributed by atoms with Crippen molar-refractivity contribution in [2.75, 3.05) is 19.7 Å². The van der Waals surface area contributed by atoms with Crippen LogP contribution in [0.25, 0.3) is 0 Å². The van der Waals surface area contributed by atoms with Crippen LogP contribution in [0.5, 0.6) is 5.75 Å². The Bertz CT molecular complexity index is 408. The molecule has 0 atom stereocenters. The van der Waals surface area contributed by atoms with Crippen molar-refractivity contribution in [1.29, 1.82) is 0 Å². The molecule has 1 amide bonds. The quantitative estimate of drug-likeness (QED) is 0.926. The van der Waals surface area contributed by atoms with E-state index in [2.05, 4.69) is 15.9 Å². The number of hydrogen-bond acceptors (Lipinski definition) is 3. The van der Waals surface area contributed by atoms with E-state index in [0.717, 1.165) is 12.0 Å². The molecule has 0 aromatic heterocycles. The molecule has 0 spiro atoms. The number of carbonyl (C=O) groups excluding carboxylic acids is 1. The molecule has 1 N–H and O–H groups in total. The van der Waals surface area contributed by atoms with Gasteiger partial charge in [0.05, 0.1) is 11.0 Å². The van der Waals surface area contributed by atoms with Gasteiger partial charge in [-0.2, -0.15) is 0 Å². The second-order valence-corrected chi connectivity index (χ2v) is 4.49. The van der Waals surface area contributed by atoms with Crippen LogP contribution in [0.2, 0.25) is 0 Å². The van der Waals surface area contributed by atoms with Crippen molar-refractivity contribution in [2.24, 2.45) is 0 Å². The SMILES string of the molecule is O=C1OCCN1CCc1ccc(O)c(Br)c1. The summed E-state index contributed by atoms with van der Waals surface area (Å²) < 4.78 is 5.51. The lowest BCUT2D eigenvalue weighted by atomic mass is 10.1. The number of halogens is 1. The molecule has 1 fully saturated rings. The Morgan fingerprint density at radius 2 is 2.31 bits per heavy atom. The molecule has 1 aromatic rings. The van der Waals surface area contributed by atoms with Crippen LogP contribution in [-0.2, 0) is 11.2 Å². The largest absolute Gasteiger partial charge is 0.507 e. The molecule has 1 aromatic carbocycles. The molecule has 1 saturated heterocycles. The number of phenols is 1. The highest BCUT2D eigenvalue weighted by Gasteiger charge is 2.20. The Kier molecular flexibility index (Phi) is 3.33. The number of carbonyl (C=O) groups is 1. The predicted octanol–water partition coefficient (Wildman–Crippen LogP) is 2.15. The third-order valence-corrected chi connectivity index (χ3v) is 3.16. The van der Waals surface area contributed by atoms with Gasteiger partial charge in [0.2, 0.25) is 0 Å². The number of nitrogens with zero attached hydrogens (tertiary/aromatic N) is 1. The molecule has 1 aliphatic rings. The molecule has 1 heterocycles. The van der Waals surface area contributed by atoms with E-state index < -0.39 is 0 Å². The summed E-state index contributed by atoms with van der Waals surface area (Å²) in [6.07, 6.45) is 0.520. The zero-order valence-electron chi connectivity index (χ0n) is 8.65. The molecule has 16 heavy (non-hydrogen) atoms. The summed E-state index contributed by atoms with van der Waals surface area (Å²) in [5.41, 5.74) is 1.07. The minimum Gasteiger partial charge on any atom is -0.507 e. The van der Waals surface area contributed by atoms with E-state index in [1.807, 2.05) is 12.1 Å². The lowest BCUT2D eigenvalue weighted by Crippen LogP contribution is -2.26. The maximum Gasteiger partial charge on any atom is 0.409 e. The van der Waals surface area contributed by atoms with Gasteiger partial charge in [-0.05, 0) is 40.0 Å². The second-order valence-electron chi connectivity index (χ2n) is 3.64. The summed E-state index contributed by atoms with van der Waals surface area (Å²) >= 11 is 3.26. The molecule has 0 bridgehead atoms. The fourth-order valence-corrected chi connectivity index (χ4v) is 2.02. The standard InChI is InChI=1S/C11H12BrNO3/c12-9-7-8(1-2-10(9)14)3-4-13-5-6-16-11(13)15/h1-2,7,14H,3-6H2. The van der Waals surface area contributed by atoms with E-state index >= 15 is 0 Å². The average molecular weight is 286 g/mol. The number of ether oxygens (including phenoxy) is 1. The van der Waals surface area contributed by atoms with E-state index in [1.165, 1.54) is 0 Å². The maximum absolute atomic E-state index is 11.2. The van der Waals surface area contributed by atoms with Gasteiger partial charge >= 0.3 is 6.09 Å². The summed E-state index contributed by atoms with van der Waals surface area (Å²) in [5.74, 6) is 0.226.